The molecule has 1 saturated heterocycles. The van der Waals surface area contributed by atoms with E-state index >= 15 is 0 Å². The van der Waals surface area contributed by atoms with Crippen molar-refractivity contribution in [1.29, 1.82) is 0 Å². The molecule has 1 heterocycles. The molecule has 2 rings (SSSR count). The Bertz CT molecular complexity index is 187. The Morgan fingerprint density at radius 3 is 2.47 bits per heavy atom. The number of hydrogen-bond acceptors (Lipinski definition) is 2. The third kappa shape index (κ3) is 2.94. The molecule has 2 fully saturated rings. The van der Waals surface area contributed by atoms with E-state index < -0.39 is 0 Å². The highest BCUT2D eigenvalue weighted by atomic mass is 15.2. The van der Waals surface area contributed by atoms with Crippen LogP contribution in [0.2, 0.25) is 0 Å². The number of nitrogens with two attached hydrogens (primary N) is 1. The molecule has 2 heteroatoms. The van der Waals surface area contributed by atoms with Gasteiger partial charge in [0.25, 0.3) is 0 Å². The maximum atomic E-state index is 6.33. The second-order valence-corrected chi connectivity index (χ2v) is 5.55. The van der Waals surface area contributed by atoms with Gasteiger partial charge in [0.1, 0.15) is 0 Å². The van der Waals surface area contributed by atoms with E-state index in [9.17, 15) is 0 Å². The lowest BCUT2D eigenvalue weighted by Gasteiger charge is -2.36. The number of hydrogen-bond donors (Lipinski definition) is 1. The molecule has 88 valence electrons. The van der Waals surface area contributed by atoms with E-state index in [1.807, 2.05) is 0 Å². The smallest absolute Gasteiger partial charge is 0.0196 e. The van der Waals surface area contributed by atoms with Gasteiger partial charge < -0.3 is 5.73 Å². The summed E-state index contributed by atoms with van der Waals surface area (Å²) in [7, 11) is 0. The van der Waals surface area contributed by atoms with Gasteiger partial charge in [0.2, 0.25) is 0 Å². The summed E-state index contributed by atoms with van der Waals surface area (Å²) in [6.07, 6.45) is 9.74. The fourth-order valence-corrected chi connectivity index (χ4v) is 3.23. The summed E-state index contributed by atoms with van der Waals surface area (Å²) in [6, 6.07) is 1.21. The lowest BCUT2D eigenvalue weighted by molar-refractivity contribution is 0.139. The Labute approximate surface area is 94.2 Å². The number of piperidine rings is 1. The predicted molar refractivity (Wildman–Crippen MR) is 64.8 cm³/mol. The van der Waals surface area contributed by atoms with Crippen LogP contribution in [0.4, 0.5) is 0 Å². The van der Waals surface area contributed by atoms with Gasteiger partial charge in [-0.05, 0) is 45.1 Å². The van der Waals surface area contributed by atoms with Crippen molar-refractivity contribution in [2.24, 2.45) is 11.7 Å². The molecule has 0 aromatic carbocycles. The lowest BCUT2D eigenvalue weighted by atomic mass is 9.96. The summed E-state index contributed by atoms with van der Waals surface area (Å²) in [4.78, 5) is 2.62. The number of rotatable bonds is 3. The molecule has 1 aliphatic carbocycles. The molecule has 0 aromatic rings. The van der Waals surface area contributed by atoms with E-state index in [1.54, 1.807) is 0 Å². The van der Waals surface area contributed by atoms with Crippen LogP contribution in [0.1, 0.15) is 51.9 Å². The van der Waals surface area contributed by atoms with Gasteiger partial charge in [-0.15, -0.1) is 0 Å². The van der Waals surface area contributed by atoms with E-state index in [2.05, 4.69) is 11.8 Å². The molecule has 0 aromatic heterocycles. The van der Waals surface area contributed by atoms with Gasteiger partial charge in [-0.1, -0.05) is 19.3 Å². The van der Waals surface area contributed by atoms with E-state index in [4.69, 9.17) is 5.73 Å². The highest BCUT2D eigenvalue weighted by molar-refractivity contribution is 4.83. The minimum atomic E-state index is 0.438. The van der Waals surface area contributed by atoms with Crippen LogP contribution in [-0.4, -0.2) is 30.1 Å². The Morgan fingerprint density at radius 2 is 1.80 bits per heavy atom. The summed E-state index contributed by atoms with van der Waals surface area (Å²) in [5, 5.41) is 0. The normalized spacial score (nSPS) is 32.0. The SMILES string of the molecule is CC1CCCCN1CC(N)C1CCCC1. The molecule has 2 atom stereocenters. The van der Waals surface area contributed by atoms with Crippen LogP contribution < -0.4 is 5.73 Å². The summed E-state index contributed by atoms with van der Waals surface area (Å²) in [5.41, 5.74) is 6.33. The van der Waals surface area contributed by atoms with Crippen LogP contribution in [0.15, 0.2) is 0 Å². The maximum absolute atomic E-state index is 6.33. The molecule has 2 unspecified atom stereocenters. The van der Waals surface area contributed by atoms with Gasteiger partial charge in [0.15, 0.2) is 0 Å². The van der Waals surface area contributed by atoms with Crippen molar-refractivity contribution in [3.8, 4) is 0 Å². The van der Waals surface area contributed by atoms with Gasteiger partial charge in [-0.2, -0.15) is 0 Å². The summed E-state index contributed by atoms with van der Waals surface area (Å²) in [5.74, 6) is 0.819. The Hall–Kier alpha value is -0.0800. The largest absolute Gasteiger partial charge is 0.326 e. The van der Waals surface area contributed by atoms with E-state index in [0.717, 1.165) is 18.5 Å². The topological polar surface area (TPSA) is 29.3 Å². The fraction of sp³-hybridized carbons (Fsp3) is 1.00. The standard InChI is InChI=1S/C13H26N2/c1-11-6-4-5-9-15(11)10-13(14)12-7-2-3-8-12/h11-13H,2-10,14H2,1H3. The van der Waals surface area contributed by atoms with Gasteiger partial charge in [-0.25, -0.2) is 0 Å². The van der Waals surface area contributed by atoms with Gasteiger partial charge in [-0.3, -0.25) is 4.90 Å². The number of likely N-dealkylation sites (tertiary alicyclic amines) is 1. The molecule has 0 amide bonds. The molecule has 0 spiro atoms. The van der Waals surface area contributed by atoms with Crippen LogP contribution in [0.5, 0.6) is 0 Å². The van der Waals surface area contributed by atoms with Crippen LogP contribution in [0, 0.1) is 5.92 Å². The molecule has 0 bridgehead atoms. The van der Waals surface area contributed by atoms with E-state index in [0.29, 0.717) is 6.04 Å². The zero-order chi connectivity index (χ0) is 10.7. The molecule has 2 nitrogen and oxygen atoms in total. The van der Waals surface area contributed by atoms with Crippen molar-refractivity contribution >= 4 is 0 Å². The van der Waals surface area contributed by atoms with Crippen molar-refractivity contribution in [3.05, 3.63) is 0 Å². The zero-order valence-corrected chi connectivity index (χ0v) is 10.1. The highest BCUT2D eigenvalue weighted by Gasteiger charge is 2.26. The lowest BCUT2D eigenvalue weighted by Crippen LogP contribution is -2.47. The molecule has 1 aliphatic heterocycles. The second kappa shape index (κ2) is 5.31. The van der Waals surface area contributed by atoms with Crippen molar-refractivity contribution in [1.82, 2.24) is 4.90 Å². The zero-order valence-electron chi connectivity index (χ0n) is 10.1. The average Bonchev–Trinajstić information content (AvgIpc) is 2.74. The molecule has 2 N–H and O–H groups in total. The first-order valence-corrected chi connectivity index (χ1v) is 6.77. The summed E-state index contributed by atoms with van der Waals surface area (Å²) < 4.78 is 0. The Morgan fingerprint density at radius 1 is 1.13 bits per heavy atom. The van der Waals surface area contributed by atoms with E-state index in [-0.39, 0.29) is 0 Å². The fourth-order valence-electron chi connectivity index (χ4n) is 3.23. The first-order valence-electron chi connectivity index (χ1n) is 6.77. The molecule has 2 aliphatic rings. The molecule has 0 radical (unpaired) electrons. The minimum absolute atomic E-state index is 0.438. The summed E-state index contributed by atoms with van der Waals surface area (Å²) in [6.45, 7) is 4.79. The molecule has 15 heavy (non-hydrogen) atoms. The summed E-state index contributed by atoms with van der Waals surface area (Å²) >= 11 is 0. The monoisotopic (exact) mass is 210 g/mol. The minimum Gasteiger partial charge on any atom is -0.326 e. The van der Waals surface area contributed by atoms with Crippen LogP contribution in [-0.2, 0) is 0 Å². The third-order valence-electron chi connectivity index (χ3n) is 4.39. The van der Waals surface area contributed by atoms with Gasteiger partial charge in [0.05, 0.1) is 0 Å². The van der Waals surface area contributed by atoms with E-state index in [1.165, 1.54) is 51.5 Å². The Kier molecular flexibility index (Phi) is 4.04. The molecular formula is C13H26N2. The molecule has 1 saturated carbocycles. The van der Waals surface area contributed by atoms with Crippen LogP contribution in [0.3, 0.4) is 0 Å². The van der Waals surface area contributed by atoms with Crippen molar-refractivity contribution < 1.29 is 0 Å². The van der Waals surface area contributed by atoms with Crippen molar-refractivity contribution in [2.75, 3.05) is 13.1 Å². The van der Waals surface area contributed by atoms with Gasteiger partial charge >= 0.3 is 0 Å². The first kappa shape index (κ1) is 11.4. The van der Waals surface area contributed by atoms with Crippen molar-refractivity contribution in [3.63, 3.8) is 0 Å². The van der Waals surface area contributed by atoms with Crippen molar-refractivity contribution in [2.45, 2.75) is 64.0 Å². The quantitative estimate of drug-likeness (QED) is 0.775. The number of nitrogens with zero attached hydrogens (tertiary/aromatic N) is 1. The maximum Gasteiger partial charge on any atom is 0.0196 e. The molecular weight excluding hydrogens is 184 g/mol. The van der Waals surface area contributed by atoms with Crippen LogP contribution >= 0.6 is 0 Å². The first-order chi connectivity index (χ1) is 7.27. The third-order valence-corrected chi connectivity index (χ3v) is 4.39. The Balaban J connectivity index is 1.78. The predicted octanol–water partition coefficient (Wildman–Crippen LogP) is 2.38. The average molecular weight is 210 g/mol. The van der Waals surface area contributed by atoms with Crippen LogP contribution in [0.25, 0.3) is 0 Å². The van der Waals surface area contributed by atoms with Gasteiger partial charge in [0, 0.05) is 18.6 Å². The highest BCUT2D eigenvalue weighted by Crippen LogP contribution is 2.28. The second-order valence-electron chi connectivity index (χ2n) is 5.55.